The quantitative estimate of drug-likeness (QED) is 0.134. The molecule has 6 N–H and O–H groups in total. The molecule has 0 aromatic carbocycles. The van der Waals surface area contributed by atoms with E-state index in [1.165, 1.54) is 0 Å². The molecule has 10 nitrogen and oxygen atoms in total. The molecule has 0 amide bonds. The van der Waals surface area contributed by atoms with E-state index in [1.807, 2.05) is 0 Å². The van der Waals surface area contributed by atoms with Gasteiger partial charge in [0.1, 0.15) is 0 Å². The van der Waals surface area contributed by atoms with Crippen molar-refractivity contribution in [2.75, 3.05) is 13.1 Å². The van der Waals surface area contributed by atoms with Crippen molar-refractivity contribution in [2.24, 2.45) is 11.1 Å². The zero-order chi connectivity index (χ0) is 17.3. The molecule has 0 saturated heterocycles. The summed E-state index contributed by atoms with van der Waals surface area (Å²) >= 11 is 0. The van der Waals surface area contributed by atoms with Gasteiger partial charge in [-0.2, -0.15) is 0 Å². The molecular formula is C12H22N2Na2O8. The maximum atomic E-state index is 11.2. The zero-order valence-electron chi connectivity index (χ0n) is 16.1. The Morgan fingerprint density at radius 2 is 1.42 bits per heavy atom. The Morgan fingerprint density at radius 3 is 1.67 bits per heavy atom. The molecule has 0 bridgehead atoms. The number of carbonyl (C=O) groups is 4. The Balaban J connectivity index is -0.000000367. The number of aliphatic carboxylic acids is 3. The third-order valence-electron chi connectivity index (χ3n) is 2.82. The van der Waals surface area contributed by atoms with Crippen LogP contribution in [0.4, 0.5) is 0 Å². The normalized spacial score (nSPS) is 11.4. The first-order valence-corrected chi connectivity index (χ1v) is 6.39. The Labute approximate surface area is 186 Å². The molecule has 12 heteroatoms. The molecule has 0 aliphatic carbocycles. The van der Waals surface area contributed by atoms with Crippen LogP contribution in [0.1, 0.15) is 29.0 Å². The molecule has 1 atom stereocenters. The minimum Gasteiger partial charge on any atom is -1.00 e. The predicted octanol–water partition coefficient (Wildman–Crippen LogP) is -6.93. The van der Waals surface area contributed by atoms with E-state index in [1.54, 1.807) is 0 Å². The van der Waals surface area contributed by atoms with Crippen molar-refractivity contribution in [1.82, 2.24) is 5.32 Å². The van der Waals surface area contributed by atoms with Gasteiger partial charge < -0.3 is 28.6 Å². The number of ether oxygens (including phenoxy) is 1. The van der Waals surface area contributed by atoms with E-state index < -0.39 is 54.8 Å². The van der Waals surface area contributed by atoms with Crippen LogP contribution in [0.5, 0.6) is 0 Å². The second-order valence-electron chi connectivity index (χ2n) is 4.81. The van der Waals surface area contributed by atoms with Crippen molar-refractivity contribution in [1.29, 1.82) is 0 Å². The smallest absolute Gasteiger partial charge is 1.00 e. The fourth-order valence-electron chi connectivity index (χ4n) is 2.13. The molecule has 0 rings (SSSR count). The van der Waals surface area contributed by atoms with Gasteiger partial charge in [-0.25, -0.2) is 0 Å². The van der Waals surface area contributed by atoms with E-state index in [0.717, 1.165) is 6.92 Å². The largest absolute Gasteiger partial charge is 1.00 e. The summed E-state index contributed by atoms with van der Waals surface area (Å²) in [5, 5.41) is 29.6. The van der Waals surface area contributed by atoms with Crippen LogP contribution in [0.15, 0.2) is 0 Å². The van der Waals surface area contributed by atoms with Gasteiger partial charge in [0.2, 0.25) is 0 Å². The maximum absolute atomic E-state index is 11.2. The number of rotatable bonds is 11. The third-order valence-corrected chi connectivity index (χ3v) is 2.82. The average Bonchev–Trinajstić information content (AvgIpc) is 2.30. The number of hydrogen-bond donors (Lipinski definition) is 5. The van der Waals surface area contributed by atoms with Gasteiger partial charge in [0.15, 0.2) is 6.23 Å². The number of hydrogen-bond acceptors (Lipinski definition) is 7. The van der Waals surface area contributed by atoms with Gasteiger partial charge in [-0.1, -0.05) is 0 Å². The number of nitrogens with two attached hydrogens (primary N) is 1. The van der Waals surface area contributed by atoms with Crippen molar-refractivity contribution in [3.05, 3.63) is 0 Å². The van der Waals surface area contributed by atoms with E-state index in [-0.39, 0.29) is 75.1 Å². The van der Waals surface area contributed by atoms with Gasteiger partial charge >= 0.3 is 83.0 Å². The van der Waals surface area contributed by atoms with E-state index in [2.05, 4.69) is 5.32 Å². The molecule has 0 saturated carbocycles. The monoisotopic (exact) mass is 368 g/mol. The molecule has 0 aliphatic rings. The van der Waals surface area contributed by atoms with Gasteiger partial charge in [0, 0.05) is 20.0 Å². The van der Waals surface area contributed by atoms with Crippen molar-refractivity contribution < 1.29 is 101 Å². The molecule has 0 spiro atoms. The minimum atomic E-state index is -1.84. The van der Waals surface area contributed by atoms with E-state index in [0.29, 0.717) is 0 Å². The Hall–Kier alpha value is -0.200. The van der Waals surface area contributed by atoms with Crippen LogP contribution < -0.4 is 70.2 Å². The van der Waals surface area contributed by atoms with Crippen LogP contribution in [-0.2, 0) is 23.9 Å². The molecule has 24 heavy (non-hydrogen) atoms. The molecule has 0 fully saturated rings. The summed E-state index contributed by atoms with van der Waals surface area (Å²) in [4.78, 5) is 44.4. The van der Waals surface area contributed by atoms with Crippen molar-refractivity contribution >= 4 is 23.9 Å². The van der Waals surface area contributed by atoms with Crippen LogP contribution in [-0.4, -0.2) is 58.5 Å². The number of carbonyl (C=O) groups excluding carboxylic acids is 1. The first-order valence-electron chi connectivity index (χ1n) is 6.39. The summed E-state index contributed by atoms with van der Waals surface area (Å²) in [6.45, 7) is 1.23. The number of carboxylic acid groups (broad SMARTS) is 3. The van der Waals surface area contributed by atoms with Crippen LogP contribution in [0.2, 0.25) is 0 Å². The minimum absolute atomic E-state index is 0. The SMILES string of the molecule is CC(=O)OC(NCCN)C(CC(=O)O)(CC(=O)O)CC(=O)O.[H-].[H-].[Na+].[Na+]. The van der Waals surface area contributed by atoms with Crippen LogP contribution in [0, 0.1) is 5.41 Å². The third kappa shape index (κ3) is 11.4. The Morgan fingerprint density at radius 1 is 1.04 bits per heavy atom. The van der Waals surface area contributed by atoms with Gasteiger partial charge in [0.05, 0.1) is 24.7 Å². The predicted molar refractivity (Wildman–Crippen MR) is 74.0 cm³/mol. The number of carboxylic acids is 3. The summed E-state index contributed by atoms with van der Waals surface area (Å²) in [6.07, 6.45) is -3.82. The molecule has 0 aromatic heterocycles. The maximum Gasteiger partial charge on any atom is 1.00 e. The topological polar surface area (TPSA) is 176 Å². The van der Waals surface area contributed by atoms with E-state index in [9.17, 15) is 19.2 Å². The van der Waals surface area contributed by atoms with Gasteiger partial charge in [-0.3, -0.25) is 24.5 Å². The number of nitrogens with one attached hydrogen (secondary N) is 1. The molecule has 0 aromatic rings. The van der Waals surface area contributed by atoms with Crippen molar-refractivity contribution in [2.45, 2.75) is 32.4 Å². The van der Waals surface area contributed by atoms with Gasteiger partial charge in [-0.15, -0.1) is 0 Å². The van der Waals surface area contributed by atoms with Crippen LogP contribution in [0.3, 0.4) is 0 Å². The zero-order valence-corrected chi connectivity index (χ0v) is 18.1. The molecule has 0 heterocycles. The summed E-state index contributed by atoms with van der Waals surface area (Å²) in [5.41, 5.74) is 3.46. The molecular weight excluding hydrogens is 346 g/mol. The van der Waals surface area contributed by atoms with E-state index >= 15 is 0 Å². The Bertz CT molecular complexity index is 416. The van der Waals surface area contributed by atoms with Gasteiger partial charge in [0.25, 0.3) is 0 Å². The van der Waals surface area contributed by atoms with Gasteiger partial charge in [-0.05, 0) is 0 Å². The average molecular weight is 368 g/mol. The number of esters is 1. The van der Waals surface area contributed by atoms with Crippen molar-refractivity contribution in [3.8, 4) is 0 Å². The second kappa shape index (κ2) is 14.0. The Kier molecular flexibility index (Phi) is 16.7. The first-order chi connectivity index (χ1) is 10.1. The fraction of sp³-hybridized carbons (Fsp3) is 0.667. The summed E-state index contributed by atoms with van der Waals surface area (Å²) in [7, 11) is 0. The molecule has 0 aliphatic heterocycles. The molecule has 130 valence electrons. The molecule has 1 unspecified atom stereocenters. The van der Waals surface area contributed by atoms with Crippen LogP contribution >= 0.6 is 0 Å². The van der Waals surface area contributed by atoms with E-state index in [4.69, 9.17) is 25.8 Å². The second-order valence-corrected chi connectivity index (χ2v) is 4.81. The summed E-state index contributed by atoms with van der Waals surface area (Å²) < 4.78 is 4.92. The fourth-order valence-corrected chi connectivity index (χ4v) is 2.13. The summed E-state index contributed by atoms with van der Waals surface area (Å²) in [6, 6.07) is 0. The molecule has 0 radical (unpaired) electrons. The standard InChI is InChI=1S/C12H20N2O8.2Na.2H/c1-7(15)22-11(14-3-2-13)12(4-8(16)17,5-9(18)19)6-10(20)21;;;;/h11,14H,2-6,13H2,1H3,(H,16,17)(H,18,19)(H,20,21);;;;/q;2*+1;2*-1. The first kappa shape index (κ1) is 28.6. The summed E-state index contributed by atoms with van der Waals surface area (Å²) in [5.74, 6) is -5.03. The van der Waals surface area contributed by atoms with Crippen molar-refractivity contribution in [3.63, 3.8) is 0 Å². The van der Waals surface area contributed by atoms with Crippen LogP contribution in [0.25, 0.3) is 0 Å².